The second-order valence-electron chi connectivity index (χ2n) is 6.05. The number of carbonyl (C=O) groups excluding carboxylic acids is 1. The number of hydrogen-bond donors (Lipinski definition) is 0. The molecule has 0 N–H and O–H groups in total. The van der Waals surface area contributed by atoms with E-state index < -0.39 is 0 Å². The molecule has 4 aliphatic rings. The molecular formula is C13H20N2O. The first-order valence-corrected chi connectivity index (χ1v) is 6.88. The van der Waals surface area contributed by atoms with Crippen LogP contribution in [0.2, 0.25) is 0 Å². The maximum atomic E-state index is 11.6. The third-order valence-corrected chi connectivity index (χ3v) is 5.38. The van der Waals surface area contributed by atoms with Crippen LogP contribution < -0.4 is 0 Å². The topological polar surface area (TPSA) is 23.6 Å². The number of amides is 1. The van der Waals surface area contributed by atoms with E-state index in [0.717, 1.165) is 30.8 Å². The normalized spacial score (nSPS) is 47.0. The van der Waals surface area contributed by atoms with Gasteiger partial charge in [-0.15, -0.1) is 0 Å². The average Bonchev–Trinajstić information content (AvgIpc) is 2.32. The van der Waals surface area contributed by atoms with Crippen molar-refractivity contribution < 1.29 is 4.79 Å². The number of carbonyl (C=O) groups is 1. The van der Waals surface area contributed by atoms with Crippen molar-refractivity contribution in [1.29, 1.82) is 0 Å². The summed E-state index contributed by atoms with van der Waals surface area (Å²) in [7, 11) is 0. The zero-order valence-corrected chi connectivity index (χ0v) is 9.77. The number of nitrogens with zero attached hydrogens (tertiary/aromatic N) is 2. The summed E-state index contributed by atoms with van der Waals surface area (Å²) in [5.74, 6) is 2.02. The SMILES string of the molecule is O=C1C[C@@H]2[C@H]3CCCN4CCC[C@@H](CN12)[C@@H]34. The van der Waals surface area contributed by atoms with Crippen molar-refractivity contribution in [2.24, 2.45) is 11.8 Å². The lowest BCUT2D eigenvalue weighted by Crippen LogP contribution is -2.70. The fourth-order valence-corrected chi connectivity index (χ4v) is 4.73. The highest BCUT2D eigenvalue weighted by atomic mass is 16.2. The smallest absolute Gasteiger partial charge is 0.224 e. The van der Waals surface area contributed by atoms with Crippen LogP contribution in [0.15, 0.2) is 0 Å². The molecule has 3 heteroatoms. The molecule has 1 amide bonds. The highest BCUT2D eigenvalue weighted by Gasteiger charge is 2.54. The van der Waals surface area contributed by atoms with Gasteiger partial charge in [0.1, 0.15) is 0 Å². The molecule has 4 rings (SSSR count). The van der Waals surface area contributed by atoms with Crippen molar-refractivity contribution in [1.82, 2.24) is 9.80 Å². The van der Waals surface area contributed by atoms with Crippen LogP contribution in [-0.4, -0.2) is 47.4 Å². The van der Waals surface area contributed by atoms with E-state index in [-0.39, 0.29) is 0 Å². The van der Waals surface area contributed by atoms with Gasteiger partial charge in [-0.3, -0.25) is 9.69 Å². The summed E-state index contributed by atoms with van der Waals surface area (Å²) in [6.07, 6.45) is 6.27. The Morgan fingerprint density at radius 2 is 1.94 bits per heavy atom. The number of hydrogen-bond acceptors (Lipinski definition) is 2. The van der Waals surface area contributed by atoms with Gasteiger partial charge in [0.25, 0.3) is 0 Å². The highest BCUT2D eigenvalue weighted by molar-refractivity contribution is 5.83. The highest BCUT2D eigenvalue weighted by Crippen LogP contribution is 2.46. The first-order chi connectivity index (χ1) is 7.84. The maximum absolute atomic E-state index is 11.6. The summed E-state index contributed by atoms with van der Waals surface area (Å²) in [6.45, 7) is 3.71. The molecule has 4 fully saturated rings. The molecule has 3 nitrogen and oxygen atoms in total. The van der Waals surface area contributed by atoms with Gasteiger partial charge in [0, 0.05) is 25.0 Å². The van der Waals surface area contributed by atoms with Crippen LogP contribution in [0.5, 0.6) is 0 Å². The number of fused-ring (bicyclic) bond motifs is 2. The van der Waals surface area contributed by atoms with Crippen molar-refractivity contribution >= 4 is 5.91 Å². The largest absolute Gasteiger partial charge is 0.338 e. The maximum Gasteiger partial charge on any atom is 0.224 e. The Labute approximate surface area is 96.8 Å². The fourth-order valence-electron chi connectivity index (χ4n) is 4.73. The molecule has 0 aromatic heterocycles. The fraction of sp³-hybridized carbons (Fsp3) is 0.923. The van der Waals surface area contributed by atoms with E-state index in [1.165, 1.54) is 38.8 Å². The Bertz CT molecular complexity index is 328. The van der Waals surface area contributed by atoms with Crippen LogP contribution in [0.1, 0.15) is 32.1 Å². The van der Waals surface area contributed by atoms with Gasteiger partial charge in [0.05, 0.1) is 0 Å². The van der Waals surface area contributed by atoms with Gasteiger partial charge in [-0.05, 0) is 50.6 Å². The van der Waals surface area contributed by atoms with Crippen molar-refractivity contribution in [3.8, 4) is 0 Å². The Kier molecular flexibility index (Phi) is 1.90. The Morgan fingerprint density at radius 1 is 1.12 bits per heavy atom. The summed E-state index contributed by atoms with van der Waals surface area (Å²) in [5.41, 5.74) is 0. The van der Waals surface area contributed by atoms with E-state index in [2.05, 4.69) is 9.80 Å². The van der Waals surface area contributed by atoms with Crippen molar-refractivity contribution in [3.63, 3.8) is 0 Å². The second-order valence-corrected chi connectivity index (χ2v) is 6.05. The third-order valence-electron chi connectivity index (χ3n) is 5.38. The summed E-state index contributed by atoms with van der Waals surface area (Å²) >= 11 is 0. The van der Waals surface area contributed by atoms with Crippen LogP contribution in [0.25, 0.3) is 0 Å². The van der Waals surface area contributed by atoms with E-state index in [1.54, 1.807) is 0 Å². The van der Waals surface area contributed by atoms with Gasteiger partial charge in [0.15, 0.2) is 0 Å². The molecule has 4 saturated heterocycles. The van der Waals surface area contributed by atoms with Gasteiger partial charge in [-0.1, -0.05) is 0 Å². The molecule has 0 aromatic carbocycles. The zero-order valence-electron chi connectivity index (χ0n) is 9.77. The van der Waals surface area contributed by atoms with Crippen LogP contribution >= 0.6 is 0 Å². The van der Waals surface area contributed by atoms with E-state index in [4.69, 9.17) is 0 Å². The van der Waals surface area contributed by atoms with Crippen LogP contribution in [-0.2, 0) is 4.79 Å². The molecule has 0 spiro atoms. The average molecular weight is 220 g/mol. The Balaban J connectivity index is 1.66. The van der Waals surface area contributed by atoms with Crippen LogP contribution in [0, 0.1) is 11.8 Å². The molecule has 0 aliphatic carbocycles. The van der Waals surface area contributed by atoms with E-state index >= 15 is 0 Å². The monoisotopic (exact) mass is 220 g/mol. The van der Waals surface area contributed by atoms with Gasteiger partial charge in [-0.2, -0.15) is 0 Å². The van der Waals surface area contributed by atoms with Gasteiger partial charge in [-0.25, -0.2) is 0 Å². The molecule has 16 heavy (non-hydrogen) atoms. The first-order valence-electron chi connectivity index (χ1n) is 6.88. The number of rotatable bonds is 0. The minimum Gasteiger partial charge on any atom is -0.338 e. The summed E-state index contributed by atoms with van der Waals surface area (Å²) in [6, 6.07) is 1.45. The molecule has 4 atom stereocenters. The molecule has 88 valence electrons. The van der Waals surface area contributed by atoms with Crippen LogP contribution in [0.3, 0.4) is 0 Å². The molecule has 0 unspecified atom stereocenters. The Morgan fingerprint density at radius 3 is 2.75 bits per heavy atom. The standard InChI is InChI=1S/C13H20N2O/c16-12-7-11-10-4-2-6-14-5-1-3-9(13(10)14)8-15(11)12/h9-11,13H,1-8H2/t9-,10+,11+,13-/m0/s1. The lowest BCUT2D eigenvalue weighted by Gasteiger charge is -2.60. The predicted molar refractivity (Wildman–Crippen MR) is 60.9 cm³/mol. The van der Waals surface area contributed by atoms with Crippen molar-refractivity contribution in [2.45, 2.75) is 44.2 Å². The van der Waals surface area contributed by atoms with Gasteiger partial charge < -0.3 is 4.90 Å². The molecule has 4 heterocycles. The molecule has 0 saturated carbocycles. The lowest BCUT2D eigenvalue weighted by atomic mass is 9.67. The molecular weight excluding hydrogens is 200 g/mol. The second kappa shape index (κ2) is 3.22. The Hall–Kier alpha value is -0.570. The van der Waals surface area contributed by atoms with Crippen molar-refractivity contribution in [2.75, 3.05) is 19.6 Å². The quantitative estimate of drug-likeness (QED) is 0.571. The third kappa shape index (κ3) is 1.10. The number of piperidine rings is 3. The molecule has 0 bridgehead atoms. The van der Waals surface area contributed by atoms with Crippen molar-refractivity contribution in [3.05, 3.63) is 0 Å². The van der Waals surface area contributed by atoms with E-state index in [0.29, 0.717) is 11.9 Å². The summed E-state index contributed by atoms with van der Waals surface area (Å²) in [5, 5.41) is 0. The zero-order chi connectivity index (χ0) is 10.7. The molecule has 4 aliphatic heterocycles. The summed E-state index contributed by atoms with van der Waals surface area (Å²) in [4.78, 5) is 16.5. The summed E-state index contributed by atoms with van der Waals surface area (Å²) < 4.78 is 0. The van der Waals surface area contributed by atoms with E-state index in [9.17, 15) is 4.79 Å². The minimum absolute atomic E-state index is 0.422. The predicted octanol–water partition coefficient (Wildman–Crippen LogP) is 1.09. The minimum atomic E-state index is 0.422. The lowest BCUT2D eigenvalue weighted by molar-refractivity contribution is -0.166. The molecule has 0 aromatic rings. The van der Waals surface area contributed by atoms with Gasteiger partial charge >= 0.3 is 0 Å². The first kappa shape index (κ1) is 9.46. The van der Waals surface area contributed by atoms with Crippen LogP contribution in [0.4, 0.5) is 0 Å². The number of β-lactam (4-membered cyclic amide) rings is 1. The van der Waals surface area contributed by atoms with Gasteiger partial charge in [0.2, 0.25) is 5.91 Å². The molecule has 0 radical (unpaired) electrons. The van der Waals surface area contributed by atoms with E-state index in [1.807, 2.05) is 0 Å².